The molecule has 3 fully saturated rings. The lowest BCUT2D eigenvalue weighted by Crippen LogP contribution is -2.44. The molecule has 2 saturated heterocycles. The van der Waals surface area contributed by atoms with Gasteiger partial charge in [0, 0.05) is 45.0 Å². The SMILES string of the molecule is O=C(CC1CC1)N1C[C@H]2CCN(Cc3cccnc3)C(=O)[C@H]2C1. The van der Waals surface area contributed by atoms with Crippen LogP contribution in [0.25, 0.3) is 0 Å². The van der Waals surface area contributed by atoms with Crippen molar-refractivity contribution in [1.29, 1.82) is 0 Å². The molecule has 0 bridgehead atoms. The molecule has 23 heavy (non-hydrogen) atoms. The summed E-state index contributed by atoms with van der Waals surface area (Å²) in [7, 11) is 0. The lowest BCUT2D eigenvalue weighted by Gasteiger charge is -2.33. The second-order valence-electron chi connectivity index (χ2n) is 7.22. The molecule has 0 N–H and O–H groups in total. The Hall–Kier alpha value is -1.91. The Morgan fingerprint density at radius 2 is 2.13 bits per heavy atom. The van der Waals surface area contributed by atoms with E-state index < -0.39 is 0 Å². The first kappa shape index (κ1) is 14.7. The third-order valence-corrected chi connectivity index (χ3v) is 5.45. The fourth-order valence-electron chi connectivity index (χ4n) is 3.88. The standard InChI is InChI=1S/C18H23N3O2/c22-17(8-13-3-4-13)21-11-15-5-7-20(18(23)16(15)12-21)10-14-2-1-6-19-9-14/h1-2,6,9,13,15-16H,3-5,7-8,10-12H2/t15-,16+/m1/s1. The first-order valence-corrected chi connectivity index (χ1v) is 8.66. The Kier molecular flexibility index (Phi) is 3.79. The van der Waals surface area contributed by atoms with Crippen LogP contribution in [0.2, 0.25) is 0 Å². The molecule has 2 atom stereocenters. The van der Waals surface area contributed by atoms with Crippen molar-refractivity contribution in [2.24, 2.45) is 17.8 Å². The Balaban J connectivity index is 1.39. The molecule has 4 rings (SSSR count). The minimum absolute atomic E-state index is 0.00331. The van der Waals surface area contributed by atoms with Gasteiger partial charge in [-0.05, 0) is 42.7 Å². The molecule has 3 aliphatic rings. The smallest absolute Gasteiger partial charge is 0.228 e. The number of piperidine rings is 1. The number of amides is 2. The number of pyridine rings is 1. The predicted molar refractivity (Wildman–Crippen MR) is 85.2 cm³/mol. The van der Waals surface area contributed by atoms with Crippen LogP contribution in [0.5, 0.6) is 0 Å². The number of aromatic nitrogens is 1. The van der Waals surface area contributed by atoms with Crippen molar-refractivity contribution >= 4 is 11.8 Å². The average Bonchev–Trinajstić information content (AvgIpc) is 3.26. The summed E-state index contributed by atoms with van der Waals surface area (Å²) in [6.07, 6.45) is 7.66. The molecule has 0 aromatic carbocycles. The summed E-state index contributed by atoms with van der Waals surface area (Å²) in [6, 6.07) is 3.91. The van der Waals surface area contributed by atoms with Gasteiger partial charge in [0.15, 0.2) is 0 Å². The highest BCUT2D eigenvalue weighted by atomic mass is 16.2. The third-order valence-electron chi connectivity index (χ3n) is 5.45. The van der Waals surface area contributed by atoms with E-state index in [-0.39, 0.29) is 17.7 Å². The summed E-state index contributed by atoms with van der Waals surface area (Å²) in [6.45, 7) is 2.83. The fourth-order valence-corrected chi connectivity index (χ4v) is 3.88. The minimum Gasteiger partial charge on any atom is -0.342 e. The maximum absolute atomic E-state index is 12.8. The van der Waals surface area contributed by atoms with Crippen LogP contribution in [-0.2, 0) is 16.1 Å². The number of carbonyl (C=O) groups is 2. The van der Waals surface area contributed by atoms with Crippen molar-refractivity contribution in [3.05, 3.63) is 30.1 Å². The van der Waals surface area contributed by atoms with E-state index in [2.05, 4.69) is 4.98 Å². The zero-order valence-corrected chi connectivity index (χ0v) is 13.4. The monoisotopic (exact) mass is 313 g/mol. The normalized spacial score (nSPS) is 27.2. The van der Waals surface area contributed by atoms with Gasteiger partial charge >= 0.3 is 0 Å². The quantitative estimate of drug-likeness (QED) is 0.850. The van der Waals surface area contributed by atoms with Crippen LogP contribution in [0.4, 0.5) is 0 Å². The van der Waals surface area contributed by atoms with Gasteiger partial charge < -0.3 is 9.80 Å². The summed E-state index contributed by atoms with van der Waals surface area (Å²) in [4.78, 5) is 33.1. The van der Waals surface area contributed by atoms with E-state index in [1.807, 2.05) is 28.1 Å². The Morgan fingerprint density at radius 1 is 1.26 bits per heavy atom. The van der Waals surface area contributed by atoms with Gasteiger partial charge in [-0.2, -0.15) is 0 Å². The van der Waals surface area contributed by atoms with Crippen LogP contribution >= 0.6 is 0 Å². The zero-order valence-electron chi connectivity index (χ0n) is 13.4. The summed E-state index contributed by atoms with van der Waals surface area (Å²) in [5, 5.41) is 0. The van der Waals surface area contributed by atoms with Crippen LogP contribution < -0.4 is 0 Å². The molecule has 2 amide bonds. The molecule has 5 nitrogen and oxygen atoms in total. The Labute approximate surface area is 136 Å². The molecule has 5 heteroatoms. The van der Waals surface area contributed by atoms with Crippen LogP contribution in [-0.4, -0.2) is 46.2 Å². The molecule has 0 radical (unpaired) electrons. The largest absolute Gasteiger partial charge is 0.342 e. The van der Waals surface area contributed by atoms with Gasteiger partial charge in [0.05, 0.1) is 5.92 Å². The van der Waals surface area contributed by atoms with Crippen LogP contribution in [0.1, 0.15) is 31.2 Å². The third kappa shape index (κ3) is 3.09. The van der Waals surface area contributed by atoms with Gasteiger partial charge in [-0.1, -0.05) is 6.07 Å². The molecular formula is C18H23N3O2. The van der Waals surface area contributed by atoms with Crippen LogP contribution in [0.3, 0.4) is 0 Å². The number of hydrogen-bond acceptors (Lipinski definition) is 3. The molecule has 1 saturated carbocycles. The number of carbonyl (C=O) groups excluding carboxylic acids is 2. The zero-order chi connectivity index (χ0) is 15.8. The molecular weight excluding hydrogens is 290 g/mol. The Morgan fingerprint density at radius 3 is 2.87 bits per heavy atom. The number of nitrogens with zero attached hydrogens (tertiary/aromatic N) is 3. The van der Waals surface area contributed by atoms with Crippen LogP contribution in [0.15, 0.2) is 24.5 Å². The highest BCUT2D eigenvalue weighted by molar-refractivity contribution is 5.83. The lowest BCUT2D eigenvalue weighted by atomic mass is 9.88. The highest BCUT2D eigenvalue weighted by Crippen LogP contribution is 2.36. The maximum atomic E-state index is 12.8. The Bertz CT molecular complexity index is 600. The summed E-state index contributed by atoms with van der Waals surface area (Å²) >= 11 is 0. The van der Waals surface area contributed by atoms with Gasteiger partial charge in [-0.3, -0.25) is 14.6 Å². The number of hydrogen-bond donors (Lipinski definition) is 0. The molecule has 122 valence electrons. The van der Waals surface area contributed by atoms with Crippen molar-refractivity contribution in [2.45, 2.75) is 32.2 Å². The van der Waals surface area contributed by atoms with Gasteiger partial charge in [-0.25, -0.2) is 0 Å². The topological polar surface area (TPSA) is 53.5 Å². The van der Waals surface area contributed by atoms with E-state index in [1.165, 1.54) is 12.8 Å². The minimum atomic E-state index is 0.00331. The molecule has 0 unspecified atom stereocenters. The number of rotatable bonds is 4. The first-order chi connectivity index (χ1) is 11.2. The van der Waals surface area contributed by atoms with E-state index in [4.69, 9.17) is 0 Å². The molecule has 1 aromatic rings. The molecule has 1 aliphatic carbocycles. The fraction of sp³-hybridized carbons (Fsp3) is 0.611. The van der Waals surface area contributed by atoms with Gasteiger partial charge in [-0.15, -0.1) is 0 Å². The molecule has 0 spiro atoms. The van der Waals surface area contributed by atoms with Crippen molar-refractivity contribution < 1.29 is 9.59 Å². The predicted octanol–water partition coefficient (Wildman–Crippen LogP) is 1.69. The molecule has 2 aliphatic heterocycles. The second kappa shape index (κ2) is 5.95. The average molecular weight is 313 g/mol. The van der Waals surface area contributed by atoms with Crippen LogP contribution in [0, 0.1) is 17.8 Å². The van der Waals surface area contributed by atoms with Crippen molar-refractivity contribution in [3.8, 4) is 0 Å². The van der Waals surface area contributed by atoms with E-state index in [1.54, 1.807) is 6.20 Å². The van der Waals surface area contributed by atoms with Crippen molar-refractivity contribution in [3.63, 3.8) is 0 Å². The summed E-state index contributed by atoms with van der Waals surface area (Å²) < 4.78 is 0. The summed E-state index contributed by atoms with van der Waals surface area (Å²) in [5.41, 5.74) is 1.07. The van der Waals surface area contributed by atoms with E-state index in [0.717, 1.165) is 25.1 Å². The highest BCUT2D eigenvalue weighted by Gasteiger charge is 2.44. The first-order valence-electron chi connectivity index (χ1n) is 8.66. The number of fused-ring (bicyclic) bond motifs is 1. The maximum Gasteiger partial charge on any atom is 0.228 e. The lowest BCUT2D eigenvalue weighted by molar-refractivity contribution is -0.140. The molecule has 3 heterocycles. The summed E-state index contributed by atoms with van der Waals surface area (Å²) in [5.74, 6) is 1.45. The molecule has 1 aromatic heterocycles. The van der Waals surface area contributed by atoms with E-state index >= 15 is 0 Å². The van der Waals surface area contributed by atoms with Gasteiger partial charge in [0.1, 0.15) is 0 Å². The van der Waals surface area contributed by atoms with Crippen molar-refractivity contribution in [2.75, 3.05) is 19.6 Å². The van der Waals surface area contributed by atoms with Crippen molar-refractivity contribution in [1.82, 2.24) is 14.8 Å². The van der Waals surface area contributed by atoms with E-state index in [0.29, 0.717) is 31.3 Å². The number of likely N-dealkylation sites (tertiary alicyclic amines) is 2. The van der Waals surface area contributed by atoms with Gasteiger partial charge in [0.25, 0.3) is 0 Å². The van der Waals surface area contributed by atoms with E-state index in [9.17, 15) is 9.59 Å². The van der Waals surface area contributed by atoms with Gasteiger partial charge in [0.2, 0.25) is 11.8 Å². The second-order valence-corrected chi connectivity index (χ2v) is 7.22.